The fraction of sp³-hybridized carbons (Fsp3) is 0.910. The van der Waals surface area contributed by atoms with E-state index in [2.05, 4.69) is 53.7 Å². The Bertz CT molecular complexity index is 2120. The number of allylic oxidation sites excluding steroid dienone is 4. The van der Waals surface area contributed by atoms with Gasteiger partial charge in [0.05, 0.1) is 6.10 Å². The van der Waals surface area contributed by atoms with Gasteiger partial charge in [-0.2, -0.15) is 0 Å². The molecule has 13 rings (SSSR count). The number of alkyl halides is 4. The molecule has 9 heteroatoms. The van der Waals surface area contributed by atoms with Gasteiger partial charge in [0, 0.05) is 25.4 Å². The number of ketones is 2. The Labute approximate surface area is 457 Å². The first-order chi connectivity index (χ1) is 36.2. The summed E-state index contributed by atoms with van der Waals surface area (Å²) in [5.74, 6) is 11.6. The van der Waals surface area contributed by atoms with E-state index < -0.39 is 24.1 Å². The number of hydrogen-bond acceptors (Lipinski definition) is 5. The van der Waals surface area contributed by atoms with E-state index in [0.29, 0.717) is 76.8 Å². The van der Waals surface area contributed by atoms with Gasteiger partial charge in [-0.25, -0.2) is 17.6 Å². The number of carbonyl (C=O) groups excluding carboxylic acids is 2. The van der Waals surface area contributed by atoms with Crippen LogP contribution in [0.3, 0.4) is 0 Å². The number of hydrogen-bond donors (Lipinski definition) is 2. The lowest BCUT2D eigenvalue weighted by Crippen LogP contribution is -2.52. The van der Waals surface area contributed by atoms with Crippen LogP contribution in [-0.4, -0.2) is 58.5 Å². The summed E-state index contributed by atoms with van der Waals surface area (Å²) in [5.41, 5.74) is 1.06. The van der Waals surface area contributed by atoms with Crippen LogP contribution in [0.15, 0.2) is 23.3 Å². The van der Waals surface area contributed by atoms with Crippen LogP contribution in [-0.2, 0) is 14.3 Å². The highest BCUT2D eigenvalue weighted by Crippen LogP contribution is 2.68. The minimum absolute atomic E-state index is 0.165. The van der Waals surface area contributed by atoms with Gasteiger partial charge in [0.2, 0.25) is 0 Å². The van der Waals surface area contributed by atoms with E-state index in [1.807, 2.05) is 0 Å². The zero-order chi connectivity index (χ0) is 54.1. The van der Waals surface area contributed by atoms with Gasteiger partial charge >= 0.3 is 0 Å². The van der Waals surface area contributed by atoms with Crippen LogP contribution in [0.1, 0.15) is 235 Å². The Balaban J connectivity index is 0.000000123. The zero-order valence-electron chi connectivity index (χ0n) is 48.5. The lowest BCUT2D eigenvalue weighted by molar-refractivity contribution is -0.160. The normalized spacial score (nSPS) is 50.9. The molecule has 13 unspecified atom stereocenters. The third kappa shape index (κ3) is 10.4. The van der Waals surface area contributed by atoms with Gasteiger partial charge < -0.3 is 14.9 Å². The summed E-state index contributed by atoms with van der Waals surface area (Å²) >= 11 is 0. The van der Waals surface area contributed by atoms with Crippen molar-refractivity contribution in [3.05, 3.63) is 23.3 Å². The number of rotatable bonds is 3. The van der Waals surface area contributed by atoms with Gasteiger partial charge in [0.1, 0.15) is 22.8 Å². The number of Topliss-reactive ketones (excluding diaryl/α,β-unsaturated/α-hetero) is 2. The van der Waals surface area contributed by atoms with Crippen LogP contribution in [0, 0.1) is 111 Å². The second kappa shape index (κ2) is 22.6. The van der Waals surface area contributed by atoms with E-state index in [9.17, 15) is 37.4 Å². The summed E-state index contributed by atoms with van der Waals surface area (Å²) in [6.07, 6.45) is 30.8. The molecule has 0 bridgehead atoms. The molecule has 76 heavy (non-hydrogen) atoms. The molecule has 430 valence electrons. The first-order valence-corrected chi connectivity index (χ1v) is 32.1. The number of ether oxygens (including phenoxy) is 1. The van der Waals surface area contributed by atoms with Crippen molar-refractivity contribution in [2.45, 2.75) is 265 Å². The molecule has 0 aromatic rings. The average molecular weight is 1070 g/mol. The third-order valence-electron chi connectivity index (χ3n) is 26.7. The molecule has 13 fully saturated rings. The maximum Gasteiger partial charge on any atom is 0.266 e. The number of halogens is 4. The molecule has 1 heterocycles. The largest absolute Gasteiger partial charge is 0.384 e. The van der Waals surface area contributed by atoms with Crippen molar-refractivity contribution in [3.8, 4) is 0 Å². The first-order valence-electron chi connectivity index (χ1n) is 32.1. The van der Waals surface area contributed by atoms with Crippen LogP contribution < -0.4 is 0 Å². The monoisotopic (exact) mass is 1060 g/mol. The first kappa shape index (κ1) is 57.6. The molecular weight excluding hydrogens is 961 g/mol. The molecule has 5 nitrogen and oxygen atoms in total. The molecule has 12 saturated carbocycles. The molecule has 0 aromatic heterocycles. The van der Waals surface area contributed by atoms with Crippen molar-refractivity contribution >= 4 is 11.6 Å². The topological polar surface area (TPSA) is 83.8 Å². The number of aliphatic hydroxyl groups is 2. The van der Waals surface area contributed by atoms with E-state index >= 15 is 0 Å². The number of carbonyl (C=O) groups is 2. The van der Waals surface area contributed by atoms with Crippen LogP contribution in [0.25, 0.3) is 0 Å². The van der Waals surface area contributed by atoms with Crippen molar-refractivity contribution in [2.75, 3.05) is 6.61 Å². The van der Waals surface area contributed by atoms with Gasteiger partial charge in [0.15, 0.2) is 0 Å². The molecule has 0 amide bonds. The fourth-order valence-electron chi connectivity index (χ4n) is 22.9. The minimum Gasteiger partial charge on any atom is -0.384 e. The Hall–Kier alpha value is -1.58. The second-order valence-electron chi connectivity index (χ2n) is 29.6. The van der Waals surface area contributed by atoms with E-state index in [-0.39, 0.29) is 30.1 Å². The summed E-state index contributed by atoms with van der Waals surface area (Å²) < 4.78 is 58.2. The van der Waals surface area contributed by atoms with Gasteiger partial charge in [0.25, 0.3) is 12.9 Å². The molecule has 0 aromatic carbocycles. The SMILES string of the molecule is CC(=O)[C@H]1CCC2C3CCC4C[C@@](O)(C(F)F)CC[C@@H]4C3CC[C@@]21C.CC1CCCO1.CC=C1CCC2C3CCC4CC(=O)CC[C@@H]4C3CC[C@]12C.CC=C1CCC2C3CCC4C[C@@](O)(C(F)F)CC[C@@H]4C3CC[C@]12C. The summed E-state index contributed by atoms with van der Waals surface area (Å²) in [5, 5.41) is 20.6. The fourth-order valence-corrected chi connectivity index (χ4v) is 22.9. The van der Waals surface area contributed by atoms with E-state index in [1.165, 1.54) is 96.3 Å². The predicted octanol–water partition coefficient (Wildman–Crippen LogP) is 16.8. The molecule has 13 aliphatic rings. The highest BCUT2D eigenvalue weighted by atomic mass is 19.3. The van der Waals surface area contributed by atoms with Crippen LogP contribution >= 0.6 is 0 Å². The molecule has 22 atom stereocenters. The van der Waals surface area contributed by atoms with E-state index in [1.54, 1.807) is 18.1 Å². The van der Waals surface area contributed by atoms with Crippen molar-refractivity contribution < 1.29 is 42.1 Å². The van der Waals surface area contributed by atoms with Gasteiger partial charge in [-0.05, 0) is 306 Å². The van der Waals surface area contributed by atoms with Crippen LogP contribution in [0.5, 0.6) is 0 Å². The van der Waals surface area contributed by atoms with E-state index in [4.69, 9.17) is 4.74 Å². The van der Waals surface area contributed by atoms with Crippen molar-refractivity contribution in [1.82, 2.24) is 0 Å². The minimum atomic E-state index is -2.62. The van der Waals surface area contributed by atoms with Crippen molar-refractivity contribution in [3.63, 3.8) is 0 Å². The smallest absolute Gasteiger partial charge is 0.266 e. The molecule has 12 aliphatic carbocycles. The Morgan fingerprint density at radius 1 is 0.539 bits per heavy atom. The van der Waals surface area contributed by atoms with Crippen LogP contribution in [0.4, 0.5) is 17.6 Å². The average Bonchev–Trinajstić information content (AvgIpc) is 4.32. The van der Waals surface area contributed by atoms with Gasteiger partial charge in [-0.3, -0.25) is 9.59 Å². The quantitative estimate of drug-likeness (QED) is 0.217. The van der Waals surface area contributed by atoms with Gasteiger partial charge in [-0.1, -0.05) is 44.1 Å². The van der Waals surface area contributed by atoms with E-state index in [0.717, 1.165) is 118 Å². The molecule has 1 saturated heterocycles. The third-order valence-corrected chi connectivity index (χ3v) is 26.7. The van der Waals surface area contributed by atoms with Crippen molar-refractivity contribution in [2.24, 2.45) is 111 Å². The maximum atomic E-state index is 13.3. The Morgan fingerprint density at radius 3 is 1.43 bits per heavy atom. The summed E-state index contributed by atoms with van der Waals surface area (Å²) in [6.45, 7) is 16.7. The van der Waals surface area contributed by atoms with Gasteiger partial charge in [-0.15, -0.1) is 0 Å². The Kier molecular flexibility index (Phi) is 17.2. The van der Waals surface area contributed by atoms with Crippen molar-refractivity contribution in [1.29, 1.82) is 0 Å². The van der Waals surface area contributed by atoms with Crippen LogP contribution in [0.2, 0.25) is 0 Å². The lowest BCUT2D eigenvalue weighted by atomic mass is 9.49. The maximum absolute atomic E-state index is 13.3. The standard InChI is InChI=1S/C21H32F2O2.C21H32F2O.C20H30O.C5H10O/c1-12(24)17-5-6-18-16-4-3-13-11-21(25,19(22)23)10-8-14(13)15(16)7-9-20(17,18)2;1-3-14-5-7-18-17-6-4-13-12-21(24,19(22)23)11-9-15(13)16(17)8-10-20(14,18)2;1-3-14-5-9-19-18-7-4-13-12-15(21)6-8-16(13)17(18)10-11-20(14,19)2;1-5-3-2-4-6-5/h13-19,25H,3-11H2,1-2H3;3,13,15-19,24H,4-12H2,1-2H3;3,13,16-19H,4-12H2,1-2H3;5H,2-4H2,1H3/t13?,14-,15?,16?,17+,18?,20+,21+;13?,15-,16?,17?,18?,20+,21+;13?,16-,17?,18?,19?,20+;/m000./s1. The second-order valence-corrected chi connectivity index (χ2v) is 29.6. The summed E-state index contributed by atoms with van der Waals surface area (Å²) in [7, 11) is 0. The molecule has 0 spiro atoms. The highest BCUT2D eigenvalue weighted by molar-refractivity contribution is 5.80. The predicted molar refractivity (Wildman–Crippen MR) is 295 cm³/mol. The lowest BCUT2D eigenvalue weighted by Gasteiger charge is -2.57. The molecule has 1 aliphatic heterocycles. The zero-order valence-corrected chi connectivity index (χ0v) is 48.5. The summed E-state index contributed by atoms with van der Waals surface area (Å²) in [4.78, 5) is 23.9. The summed E-state index contributed by atoms with van der Waals surface area (Å²) in [6, 6.07) is 0. The molecule has 0 radical (unpaired) electrons. The number of fused-ring (bicyclic) bond motifs is 15. The Morgan fingerprint density at radius 2 is 1.00 bits per heavy atom. The highest BCUT2D eigenvalue weighted by Gasteiger charge is 2.61. The molecular formula is C67H104F4O5. The molecule has 2 N–H and O–H groups in total.